The summed E-state index contributed by atoms with van der Waals surface area (Å²) in [5.41, 5.74) is 0. The molecule has 0 spiro atoms. The number of rotatable bonds is 73. The number of allylic oxidation sites excluding steroid dienone is 14. The lowest BCUT2D eigenvalue weighted by atomic mass is 10.1. The summed E-state index contributed by atoms with van der Waals surface area (Å²) in [7, 11) is -9.95. The molecule has 3 N–H and O–H groups in total. The van der Waals surface area contributed by atoms with Crippen LogP contribution in [0.4, 0.5) is 0 Å². The van der Waals surface area contributed by atoms with Gasteiger partial charge >= 0.3 is 39.5 Å². The lowest BCUT2D eigenvalue weighted by Gasteiger charge is -2.21. The van der Waals surface area contributed by atoms with E-state index in [9.17, 15) is 43.2 Å². The van der Waals surface area contributed by atoms with E-state index in [1.165, 1.54) is 103 Å². The quantitative estimate of drug-likeness (QED) is 0.0169. The Labute approximate surface area is 595 Å². The zero-order valence-electron chi connectivity index (χ0n) is 62.0. The summed E-state index contributed by atoms with van der Waals surface area (Å²) in [6, 6.07) is 0. The molecule has 0 amide bonds. The fraction of sp³-hybridized carbons (Fsp3) is 0.772. The van der Waals surface area contributed by atoms with Crippen molar-refractivity contribution < 1.29 is 80.2 Å². The number of ether oxygens (including phenoxy) is 4. The number of carbonyl (C=O) groups excluding carboxylic acids is 4. The molecule has 0 rings (SSSR count). The Hall–Kier alpha value is -3.76. The molecule has 0 aromatic carbocycles. The molecule has 0 aromatic rings. The molecule has 0 bridgehead atoms. The third-order valence-corrected chi connectivity index (χ3v) is 18.3. The van der Waals surface area contributed by atoms with E-state index in [4.69, 9.17) is 37.0 Å². The third-order valence-electron chi connectivity index (χ3n) is 16.4. The molecule has 19 heteroatoms. The molecule has 0 heterocycles. The van der Waals surface area contributed by atoms with Gasteiger partial charge in [-0.2, -0.15) is 0 Å². The van der Waals surface area contributed by atoms with Crippen LogP contribution in [-0.4, -0.2) is 96.7 Å². The molecule has 0 aromatic heterocycles. The fourth-order valence-corrected chi connectivity index (χ4v) is 12.0. The van der Waals surface area contributed by atoms with Crippen LogP contribution in [0.3, 0.4) is 0 Å². The van der Waals surface area contributed by atoms with Gasteiger partial charge in [-0.25, -0.2) is 9.13 Å². The van der Waals surface area contributed by atoms with Gasteiger partial charge in [0.1, 0.15) is 19.3 Å². The SMILES string of the molecule is CC/C=C\C/C=C\C/C=C\C/C=C\CCCCCCC(=O)OC(COC(=O)CCCCCCCC/C=C\C/C=C\C/C=C\CCCCC)COP(=O)(O)OCC(O)COP(=O)(O)OCC(COC(=O)CCCCCCCCCCCCC)OC(=O)CCCCCCCCCCCCC. The lowest BCUT2D eigenvalue weighted by molar-refractivity contribution is -0.161. The Balaban J connectivity index is 5.34. The first kappa shape index (κ1) is 94.2. The van der Waals surface area contributed by atoms with Gasteiger partial charge in [0.2, 0.25) is 0 Å². The van der Waals surface area contributed by atoms with Gasteiger partial charge in [-0.15, -0.1) is 0 Å². The molecule has 17 nitrogen and oxygen atoms in total. The van der Waals surface area contributed by atoms with Crippen molar-refractivity contribution in [3.63, 3.8) is 0 Å². The minimum atomic E-state index is -4.98. The molecule has 0 saturated carbocycles. The van der Waals surface area contributed by atoms with E-state index in [-0.39, 0.29) is 25.7 Å². The second-order valence-electron chi connectivity index (χ2n) is 25.9. The first-order valence-electron chi connectivity index (χ1n) is 38.8. The number of phosphoric ester groups is 2. The highest BCUT2D eigenvalue weighted by Gasteiger charge is 2.30. The highest BCUT2D eigenvalue weighted by atomic mass is 31.2. The zero-order valence-corrected chi connectivity index (χ0v) is 63.7. The van der Waals surface area contributed by atoms with Crippen LogP contribution in [0.2, 0.25) is 0 Å². The van der Waals surface area contributed by atoms with E-state index in [2.05, 4.69) is 113 Å². The second kappa shape index (κ2) is 71.6. The average molecular weight is 1420 g/mol. The Bertz CT molecular complexity index is 2190. The second-order valence-corrected chi connectivity index (χ2v) is 28.8. The van der Waals surface area contributed by atoms with Crippen molar-refractivity contribution in [2.24, 2.45) is 0 Å². The summed E-state index contributed by atoms with van der Waals surface area (Å²) in [4.78, 5) is 72.8. The van der Waals surface area contributed by atoms with Crippen molar-refractivity contribution in [2.45, 2.75) is 354 Å². The van der Waals surface area contributed by atoms with Gasteiger partial charge < -0.3 is 33.8 Å². The Morgan fingerprint density at radius 1 is 0.296 bits per heavy atom. The standard InChI is InChI=1S/C79H140O17P2/c1-5-9-13-17-21-25-29-31-33-35-36-38-39-41-45-48-52-56-60-64-77(82)90-70-75(96-79(84)66-62-58-54-50-46-42-40-37-34-32-30-26-22-18-14-10-6-2)72-94-98(87,88)92-68-73(80)67-91-97(85,86)93-71-74(95-78(83)65-61-57-53-49-44-28-24-20-16-12-8-4)69-89-76(81)63-59-55-51-47-43-27-23-19-15-11-7-3/h10,14,21-22,25-26,31-34,36,38,40,42,73-75,80H,5-9,11-13,15-20,23-24,27-30,35,37,39,41,43-72H2,1-4H3,(H,85,86)(H,87,88)/b14-10-,25-21-,26-22-,33-31-,34-32-,38-36-,42-40-. The van der Waals surface area contributed by atoms with Gasteiger partial charge in [0, 0.05) is 25.7 Å². The zero-order chi connectivity index (χ0) is 71.8. The summed E-state index contributed by atoms with van der Waals surface area (Å²) in [5.74, 6) is -2.19. The number of esters is 4. The molecular weight excluding hydrogens is 1280 g/mol. The monoisotopic (exact) mass is 1420 g/mol. The minimum Gasteiger partial charge on any atom is -0.462 e. The maximum atomic E-state index is 13.1. The van der Waals surface area contributed by atoms with E-state index in [1.807, 2.05) is 0 Å². The van der Waals surface area contributed by atoms with Crippen molar-refractivity contribution in [3.05, 3.63) is 85.1 Å². The van der Waals surface area contributed by atoms with Crippen molar-refractivity contribution in [1.82, 2.24) is 0 Å². The summed E-state index contributed by atoms with van der Waals surface area (Å²) < 4.78 is 68.4. The van der Waals surface area contributed by atoms with Gasteiger partial charge in [0.05, 0.1) is 26.4 Å². The Kier molecular flexibility index (Phi) is 68.9. The molecule has 0 radical (unpaired) electrons. The van der Waals surface area contributed by atoms with Gasteiger partial charge in [0.25, 0.3) is 0 Å². The molecule has 0 aliphatic carbocycles. The van der Waals surface area contributed by atoms with Crippen LogP contribution < -0.4 is 0 Å². The van der Waals surface area contributed by atoms with Crippen molar-refractivity contribution in [2.75, 3.05) is 39.6 Å². The van der Waals surface area contributed by atoms with Crippen LogP contribution in [0.25, 0.3) is 0 Å². The van der Waals surface area contributed by atoms with E-state index in [1.54, 1.807) is 0 Å². The van der Waals surface area contributed by atoms with Gasteiger partial charge in [0.15, 0.2) is 12.2 Å². The Morgan fingerprint density at radius 3 is 0.837 bits per heavy atom. The third kappa shape index (κ3) is 70.7. The number of unbranched alkanes of at least 4 members (excludes halogenated alkanes) is 33. The van der Waals surface area contributed by atoms with Crippen molar-refractivity contribution >= 4 is 39.5 Å². The molecule has 5 atom stereocenters. The number of phosphoric acid groups is 2. The smallest absolute Gasteiger partial charge is 0.462 e. The van der Waals surface area contributed by atoms with E-state index in [0.29, 0.717) is 25.7 Å². The first-order valence-corrected chi connectivity index (χ1v) is 41.8. The van der Waals surface area contributed by atoms with E-state index in [0.717, 1.165) is 154 Å². The maximum absolute atomic E-state index is 13.1. The van der Waals surface area contributed by atoms with Crippen LogP contribution >= 0.6 is 15.6 Å². The molecular formula is C79H140O17P2. The highest BCUT2D eigenvalue weighted by molar-refractivity contribution is 7.47. The minimum absolute atomic E-state index is 0.0650. The normalized spacial score (nSPS) is 14.4. The predicted octanol–water partition coefficient (Wildman–Crippen LogP) is 22.2. The molecule has 0 saturated heterocycles. The van der Waals surface area contributed by atoms with Crippen LogP contribution in [0, 0.1) is 0 Å². The molecule has 0 aliphatic heterocycles. The first-order chi connectivity index (χ1) is 47.7. The van der Waals surface area contributed by atoms with Crippen LogP contribution in [0.1, 0.15) is 336 Å². The lowest BCUT2D eigenvalue weighted by Crippen LogP contribution is -2.30. The molecule has 5 unspecified atom stereocenters. The maximum Gasteiger partial charge on any atom is 0.472 e. The van der Waals surface area contributed by atoms with Crippen LogP contribution in [0.15, 0.2) is 85.1 Å². The van der Waals surface area contributed by atoms with E-state index < -0.39 is 97.5 Å². The number of hydrogen-bond donors (Lipinski definition) is 3. The topological polar surface area (TPSA) is 237 Å². The van der Waals surface area contributed by atoms with Gasteiger partial charge in [-0.05, 0) is 103 Å². The number of carbonyl (C=O) groups is 4. The predicted molar refractivity (Wildman–Crippen MR) is 399 cm³/mol. The van der Waals surface area contributed by atoms with Crippen molar-refractivity contribution in [1.29, 1.82) is 0 Å². The van der Waals surface area contributed by atoms with E-state index >= 15 is 0 Å². The van der Waals surface area contributed by atoms with Gasteiger partial charge in [-0.3, -0.25) is 37.3 Å². The van der Waals surface area contributed by atoms with Crippen LogP contribution in [0.5, 0.6) is 0 Å². The van der Waals surface area contributed by atoms with Crippen LogP contribution in [-0.2, 0) is 65.4 Å². The summed E-state index contributed by atoms with van der Waals surface area (Å²) in [6.45, 7) is 4.71. The molecule has 0 aliphatic rings. The van der Waals surface area contributed by atoms with Crippen molar-refractivity contribution in [3.8, 4) is 0 Å². The largest absolute Gasteiger partial charge is 0.472 e. The Morgan fingerprint density at radius 2 is 0.531 bits per heavy atom. The summed E-state index contributed by atoms with van der Waals surface area (Å²) in [6.07, 6.45) is 72.9. The van der Waals surface area contributed by atoms with Gasteiger partial charge in [-0.1, -0.05) is 293 Å². The summed E-state index contributed by atoms with van der Waals surface area (Å²) in [5, 5.41) is 10.6. The molecule has 568 valence electrons. The average Bonchev–Trinajstić information content (AvgIpc) is 1.06. The summed E-state index contributed by atoms with van der Waals surface area (Å²) >= 11 is 0. The molecule has 98 heavy (non-hydrogen) atoms. The molecule has 0 fully saturated rings. The fourth-order valence-electron chi connectivity index (χ4n) is 10.5. The number of hydrogen-bond acceptors (Lipinski definition) is 15. The number of aliphatic hydroxyl groups is 1. The highest BCUT2D eigenvalue weighted by Crippen LogP contribution is 2.45. The number of aliphatic hydroxyl groups excluding tert-OH is 1.